The average Bonchev–Trinajstić information content (AvgIpc) is 2.70. The quantitative estimate of drug-likeness (QED) is 0.686. The molecular formula is C14H29NO. The molecule has 1 aliphatic heterocycles. The van der Waals surface area contributed by atoms with Gasteiger partial charge >= 0.3 is 0 Å². The summed E-state index contributed by atoms with van der Waals surface area (Å²) in [7, 11) is 0. The van der Waals surface area contributed by atoms with Crippen LogP contribution in [0.3, 0.4) is 0 Å². The highest BCUT2D eigenvalue weighted by molar-refractivity contribution is 4.86. The van der Waals surface area contributed by atoms with Crippen molar-refractivity contribution in [1.82, 2.24) is 5.32 Å². The molecule has 0 amide bonds. The number of hydrogen-bond donors (Lipinski definition) is 1. The van der Waals surface area contributed by atoms with Gasteiger partial charge in [-0.15, -0.1) is 0 Å². The normalized spacial score (nSPS) is 27.2. The van der Waals surface area contributed by atoms with Gasteiger partial charge in [-0.2, -0.15) is 0 Å². The van der Waals surface area contributed by atoms with Crippen molar-refractivity contribution in [2.75, 3.05) is 19.8 Å². The molecule has 0 saturated carbocycles. The third-order valence-corrected chi connectivity index (χ3v) is 3.87. The third kappa shape index (κ3) is 4.84. The van der Waals surface area contributed by atoms with E-state index in [4.69, 9.17) is 4.74 Å². The first-order valence-electron chi connectivity index (χ1n) is 7.03. The molecule has 16 heavy (non-hydrogen) atoms. The molecule has 1 N–H and O–H groups in total. The van der Waals surface area contributed by atoms with E-state index in [-0.39, 0.29) is 5.54 Å². The molecule has 0 aromatic rings. The second kappa shape index (κ2) is 7.29. The molecule has 1 heterocycles. The summed E-state index contributed by atoms with van der Waals surface area (Å²) in [6.07, 6.45) is 7.94. The van der Waals surface area contributed by atoms with Gasteiger partial charge in [0.25, 0.3) is 0 Å². The summed E-state index contributed by atoms with van der Waals surface area (Å²) in [5.41, 5.74) is 0.253. The van der Waals surface area contributed by atoms with Gasteiger partial charge in [-0.3, -0.25) is 0 Å². The number of nitrogens with one attached hydrogen (secondary N) is 1. The van der Waals surface area contributed by atoms with Crippen molar-refractivity contribution in [3.63, 3.8) is 0 Å². The van der Waals surface area contributed by atoms with E-state index < -0.39 is 0 Å². The molecular weight excluding hydrogens is 198 g/mol. The molecule has 1 fully saturated rings. The van der Waals surface area contributed by atoms with Gasteiger partial charge in [-0.25, -0.2) is 0 Å². The first-order chi connectivity index (χ1) is 7.70. The van der Waals surface area contributed by atoms with Crippen LogP contribution in [-0.4, -0.2) is 25.3 Å². The van der Waals surface area contributed by atoms with Crippen LogP contribution in [-0.2, 0) is 4.74 Å². The fourth-order valence-electron chi connectivity index (χ4n) is 2.43. The molecule has 0 bridgehead atoms. The fourth-order valence-corrected chi connectivity index (χ4v) is 2.43. The lowest BCUT2D eigenvalue weighted by Crippen LogP contribution is -2.43. The van der Waals surface area contributed by atoms with Crippen LogP contribution in [0.2, 0.25) is 0 Å². The zero-order chi connectivity index (χ0) is 11.9. The van der Waals surface area contributed by atoms with E-state index in [0.29, 0.717) is 0 Å². The smallest absolute Gasteiger partial charge is 0.0646 e. The molecule has 2 atom stereocenters. The largest absolute Gasteiger partial charge is 0.379 e. The van der Waals surface area contributed by atoms with Crippen molar-refractivity contribution in [2.45, 2.75) is 64.8 Å². The number of unbranched alkanes of at least 4 members (excludes halogenated alkanes) is 1. The minimum absolute atomic E-state index is 0.253. The van der Waals surface area contributed by atoms with Crippen molar-refractivity contribution in [1.29, 1.82) is 0 Å². The standard InChI is InChI=1S/C14H29NO/c1-4-6-7-13(5-2)8-10-15-14(3)9-11-16-12-14/h13,15H,4-12H2,1-3H3. The lowest BCUT2D eigenvalue weighted by Gasteiger charge is -2.25. The third-order valence-electron chi connectivity index (χ3n) is 3.87. The second-order valence-electron chi connectivity index (χ2n) is 5.50. The molecule has 0 spiro atoms. The number of ether oxygens (including phenoxy) is 1. The van der Waals surface area contributed by atoms with Gasteiger partial charge < -0.3 is 10.1 Å². The SMILES string of the molecule is CCCCC(CC)CCNC1(C)CCOC1. The maximum atomic E-state index is 5.45. The summed E-state index contributed by atoms with van der Waals surface area (Å²) in [6.45, 7) is 9.85. The minimum atomic E-state index is 0.253. The van der Waals surface area contributed by atoms with Crippen molar-refractivity contribution < 1.29 is 4.74 Å². The molecule has 0 aromatic carbocycles. The van der Waals surface area contributed by atoms with Gasteiger partial charge in [0.1, 0.15) is 0 Å². The summed E-state index contributed by atoms with van der Waals surface area (Å²) in [5.74, 6) is 0.915. The van der Waals surface area contributed by atoms with Crippen LogP contribution in [0.5, 0.6) is 0 Å². The molecule has 0 aliphatic carbocycles. The Morgan fingerprint density at radius 3 is 2.69 bits per heavy atom. The van der Waals surface area contributed by atoms with Gasteiger partial charge in [0.05, 0.1) is 6.61 Å². The Morgan fingerprint density at radius 2 is 2.12 bits per heavy atom. The van der Waals surface area contributed by atoms with E-state index in [1.165, 1.54) is 38.5 Å². The van der Waals surface area contributed by atoms with Crippen LogP contribution in [0, 0.1) is 5.92 Å². The van der Waals surface area contributed by atoms with E-state index in [1.807, 2.05) is 0 Å². The average molecular weight is 227 g/mol. The summed E-state index contributed by atoms with van der Waals surface area (Å²) in [5, 5.41) is 3.67. The summed E-state index contributed by atoms with van der Waals surface area (Å²) < 4.78 is 5.45. The second-order valence-corrected chi connectivity index (χ2v) is 5.50. The van der Waals surface area contributed by atoms with Gasteiger partial charge in [0, 0.05) is 12.1 Å². The Morgan fingerprint density at radius 1 is 1.31 bits per heavy atom. The van der Waals surface area contributed by atoms with Crippen LogP contribution in [0.25, 0.3) is 0 Å². The maximum Gasteiger partial charge on any atom is 0.0646 e. The van der Waals surface area contributed by atoms with Gasteiger partial charge in [0.15, 0.2) is 0 Å². The van der Waals surface area contributed by atoms with E-state index >= 15 is 0 Å². The van der Waals surface area contributed by atoms with Crippen molar-refractivity contribution in [2.24, 2.45) is 5.92 Å². The Balaban J connectivity index is 2.12. The molecule has 1 aliphatic rings. The zero-order valence-corrected chi connectivity index (χ0v) is 11.3. The Labute approximate surface area is 101 Å². The molecule has 1 rings (SSSR count). The molecule has 2 nitrogen and oxygen atoms in total. The minimum Gasteiger partial charge on any atom is -0.379 e. The number of hydrogen-bond acceptors (Lipinski definition) is 2. The van der Waals surface area contributed by atoms with Crippen LogP contribution >= 0.6 is 0 Å². The maximum absolute atomic E-state index is 5.45. The van der Waals surface area contributed by atoms with Crippen molar-refractivity contribution >= 4 is 0 Å². The topological polar surface area (TPSA) is 21.3 Å². The summed E-state index contributed by atoms with van der Waals surface area (Å²) >= 11 is 0. The van der Waals surface area contributed by atoms with Crippen molar-refractivity contribution in [3.05, 3.63) is 0 Å². The fraction of sp³-hybridized carbons (Fsp3) is 1.00. The van der Waals surface area contributed by atoms with Gasteiger partial charge in [-0.05, 0) is 32.2 Å². The van der Waals surface area contributed by atoms with Gasteiger partial charge in [0.2, 0.25) is 0 Å². The van der Waals surface area contributed by atoms with Crippen LogP contribution in [0.4, 0.5) is 0 Å². The first-order valence-corrected chi connectivity index (χ1v) is 7.03. The van der Waals surface area contributed by atoms with E-state index in [0.717, 1.165) is 25.7 Å². The molecule has 2 unspecified atom stereocenters. The Hall–Kier alpha value is -0.0800. The zero-order valence-electron chi connectivity index (χ0n) is 11.3. The molecule has 0 radical (unpaired) electrons. The van der Waals surface area contributed by atoms with Crippen molar-refractivity contribution in [3.8, 4) is 0 Å². The molecule has 96 valence electrons. The van der Waals surface area contributed by atoms with Crippen LogP contribution < -0.4 is 5.32 Å². The predicted molar refractivity (Wildman–Crippen MR) is 69.8 cm³/mol. The summed E-state index contributed by atoms with van der Waals surface area (Å²) in [4.78, 5) is 0. The first kappa shape index (κ1) is 14.0. The molecule has 2 heteroatoms. The predicted octanol–water partition coefficient (Wildman–Crippen LogP) is 3.36. The summed E-state index contributed by atoms with van der Waals surface area (Å²) in [6, 6.07) is 0. The number of rotatable bonds is 8. The van der Waals surface area contributed by atoms with E-state index in [2.05, 4.69) is 26.1 Å². The van der Waals surface area contributed by atoms with Crippen LogP contribution in [0.15, 0.2) is 0 Å². The monoisotopic (exact) mass is 227 g/mol. The lowest BCUT2D eigenvalue weighted by molar-refractivity contribution is 0.170. The highest BCUT2D eigenvalue weighted by Gasteiger charge is 2.28. The lowest BCUT2D eigenvalue weighted by atomic mass is 9.95. The highest BCUT2D eigenvalue weighted by atomic mass is 16.5. The van der Waals surface area contributed by atoms with E-state index in [1.54, 1.807) is 0 Å². The molecule has 0 aromatic heterocycles. The van der Waals surface area contributed by atoms with E-state index in [9.17, 15) is 0 Å². The highest BCUT2D eigenvalue weighted by Crippen LogP contribution is 2.19. The van der Waals surface area contributed by atoms with Crippen LogP contribution in [0.1, 0.15) is 59.3 Å². The molecule has 1 saturated heterocycles. The van der Waals surface area contributed by atoms with Gasteiger partial charge in [-0.1, -0.05) is 39.5 Å². The Kier molecular flexibility index (Phi) is 6.37. The Bertz CT molecular complexity index is 176.